The second kappa shape index (κ2) is 5.63. The van der Waals surface area contributed by atoms with Gasteiger partial charge in [-0.2, -0.15) is 0 Å². The lowest BCUT2D eigenvalue weighted by Crippen LogP contribution is -2.35. The Balaban J connectivity index is 2.06. The van der Waals surface area contributed by atoms with Crippen molar-refractivity contribution in [3.63, 3.8) is 0 Å². The molecule has 5 nitrogen and oxygen atoms in total. The molecule has 2 N–H and O–H groups in total. The maximum atomic E-state index is 12.1. The molecule has 17 heavy (non-hydrogen) atoms. The first-order valence-corrected chi connectivity index (χ1v) is 5.87. The minimum atomic E-state index is -0.0705. The molecule has 0 aliphatic carbocycles. The molecule has 1 aromatic rings. The van der Waals surface area contributed by atoms with Crippen molar-refractivity contribution in [1.82, 2.24) is 10.3 Å². The topological polar surface area (TPSA) is 63.2 Å². The van der Waals surface area contributed by atoms with Crippen molar-refractivity contribution >= 4 is 11.6 Å². The van der Waals surface area contributed by atoms with Gasteiger partial charge in [-0.15, -0.1) is 0 Å². The first kappa shape index (κ1) is 11.9. The van der Waals surface area contributed by atoms with Crippen molar-refractivity contribution in [3.8, 4) is 0 Å². The average molecular weight is 235 g/mol. The van der Waals surface area contributed by atoms with Crippen LogP contribution in [-0.2, 0) is 4.74 Å². The Kier molecular flexibility index (Phi) is 3.93. The normalized spacial score (nSPS) is 19.0. The number of amides is 1. The van der Waals surface area contributed by atoms with E-state index in [1.54, 1.807) is 18.5 Å². The molecule has 1 saturated heterocycles. The van der Waals surface area contributed by atoms with Gasteiger partial charge in [0.25, 0.3) is 5.91 Å². The molecule has 2 rings (SSSR count). The first-order valence-electron chi connectivity index (χ1n) is 5.87. The van der Waals surface area contributed by atoms with Crippen molar-refractivity contribution in [2.45, 2.75) is 19.4 Å². The lowest BCUT2D eigenvalue weighted by molar-refractivity contribution is 0.0930. The van der Waals surface area contributed by atoms with Gasteiger partial charge in [0.05, 0.1) is 30.1 Å². The lowest BCUT2D eigenvalue weighted by Gasteiger charge is -2.13. The maximum Gasteiger partial charge on any atom is 0.253 e. The molecule has 5 heteroatoms. The summed E-state index contributed by atoms with van der Waals surface area (Å²) in [4.78, 5) is 16.1. The predicted molar refractivity (Wildman–Crippen MR) is 65.1 cm³/mol. The third-order valence-corrected chi connectivity index (χ3v) is 2.70. The van der Waals surface area contributed by atoms with Crippen LogP contribution in [-0.4, -0.2) is 36.7 Å². The fraction of sp³-hybridized carbons (Fsp3) is 0.500. The van der Waals surface area contributed by atoms with Gasteiger partial charge in [-0.3, -0.25) is 9.78 Å². The molecule has 1 amide bonds. The van der Waals surface area contributed by atoms with Gasteiger partial charge in [-0.25, -0.2) is 0 Å². The van der Waals surface area contributed by atoms with Gasteiger partial charge in [0.2, 0.25) is 0 Å². The third kappa shape index (κ3) is 2.94. The van der Waals surface area contributed by atoms with Gasteiger partial charge in [0.15, 0.2) is 0 Å². The summed E-state index contributed by atoms with van der Waals surface area (Å²) >= 11 is 0. The minimum Gasteiger partial charge on any atom is -0.383 e. The van der Waals surface area contributed by atoms with E-state index in [0.717, 1.165) is 25.3 Å². The van der Waals surface area contributed by atoms with Crippen LogP contribution in [0.15, 0.2) is 18.5 Å². The van der Waals surface area contributed by atoms with Gasteiger partial charge in [-0.05, 0) is 19.4 Å². The van der Waals surface area contributed by atoms with E-state index in [4.69, 9.17) is 4.74 Å². The Morgan fingerprint density at radius 1 is 1.65 bits per heavy atom. The second-order valence-electron chi connectivity index (χ2n) is 3.99. The van der Waals surface area contributed by atoms with Crippen LogP contribution in [0.3, 0.4) is 0 Å². The highest BCUT2D eigenvalue weighted by molar-refractivity contribution is 5.99. The van der Waals surface area contributed by atoms with Crippen molar-refractivity contribution in [1.29, 1.82) is 0 Å². The Morgan fingerprint density at radius 3 is 3.24 bits per heavy atom. The molecular weight excluding hydrogens is 218 g/mol. The quantitative estimate of drug-likeness (QED) is 0.818. The molecule has 0 saturated carbocycles. The van der Waals surface area contributed by atoms with Crippen LogP contribution in [0.4, 0.5) is 5.69 Å². The standard InChI is InChI=1S/C12H17N3O2/c1-2-14-11-7-13-5-3-10(11)12(16)15-9-4-6-17-8-9/h3,5,7,9,14H,2,4,6,8H2,1H3,(H,15,16). The molecule has 2 heterocycles. The summed E-state index contributed by atoms with van der Waals surface area (Å²) in [6, 6.07) is 1.86. The van der Waals surface area contributed by atoms with E-state index < -0.39 is 0 Å². The van der Waals surface area contributed by atoms with Gasteiger partial charge >= 0.3 is 0 Å². The molecule has 92 valence electrons. The van der Waals surface area contributed by atoms with E-state index in [1.165, 1.54) is 0 Å². The van der Waals surface area contributed by atoms with Crippen LogP contribution in [0.25, 0.3) is 0 Å². The summed E-state index contributed by atoms with van der Waals surface area (Å²) < 4.78 is 5.23. The molecule has 0 spiro atoms. The number of hydrogen-bond acceptors (Lipinski definition) is 4. The van der Waals surface area contributed by atoms with E-state index >= 15 is 0 Å². The highest BCUT2D eigenvalue weighted by Gasteiger charge is 2.19. The molecule has 0 bridgehead atoms. The SMILES string of the molecule is CCNc1cnccc1C(=O)NC1CCOC1. The first-order chi connectivity index (χ1) is 8.31. The van der Waals surface area contributed by atoms with Gasteiger partial charge in [0, 0.05) is 19.3 Å². The molecule has 1 aromatic heterocycles. The van der Waals surface area contributed by atoms with Crippen molar-refractivity contribution in [3.05, 3.63) is 24.0 Å². The summed E-state index contributed by atoms with van der Waals surface area (Å²) in [7, 11) is 0. The highest BCUT2D eigenvalue weighted by Crippen LogP contribution is 2.14. The van der Waals surface area contributed by atoms with Crippen LogP contribution in [0.1, 0.15) is 23.7 Å². The van der Waals surface area contributed by atoms with Crippen LogP contribution in [0.5, 0.6) is 0 Å². The summed E-state index contributed by atoms with van der Waals surface area (Å²) in [6.07, 6.45) is 4.18. The Morgan fingerprint density at radius 2 is 2.53 bits per heavy atom. The molecule has 1 aliphatic heterocycles. The number of anilines is 1. The zero-order valence-electron chi connectivity index (χ0n) is 9.90. The lowest BCUT2D eigenvalue weighted by atomic mass is 10.2. The monoisotopic (exact) mass is 235 g/mol. The van der Waals surface area contributed by atoms with Crippen molar-refractivity contribution in [2.24, 2.45) is 0 Å². The Hall–Kier alpha value is -1.62. The number of aromatic nitrogens is 1. The number of carbonyl (C=O) groups excluding carboxylic acids is 1. The van der Waals surface area contributed by atoms with E-state index in [0.29, 0.717) is 12.2 Å². The smallest absolute Gasteiger partial charge is 0.253 e. The predicted octanol–water partition coefficient (Wildman–Crippen LogP) is 1.03. The molecule has 1 atom stereocenters. The van der Waals surface area contributed by atoms with Crippen molar-refractivity contribution < 1.29 is 9.53 Å². The van der Waals surface area contributed by atoms with Gasteiger partial charge in [-0.1, -0.05) is 0 Å². The van der Waals surface area contributed by atoms with Crippen LogP contribution < -0.4 is 10.6 Å². The van der Waals surface area contributed by atoms with Gasteiger partial charge < -0.3 is 15.4 Å². The van der Waals surface area contributed by atoms with Crippen LogP contribution in [0, 0.1) is 0 Å². The van der Waals surface area contributed by atoms with E-state index in [-0.39, 0.29) is 11.9 Å². The number of rotatable bonds is 4. The molecule has 1 fully saturated rings. The Bertz CT molecular complexity index is 389. The fourth-order valence-corrected chi connectivity index (χ4v) is 1.84. The van der Waals surface area contributed by atoms with E-state index in [2.05, 4.69) is 15.6 Å². The minimum absolute atomic E-state index is 0.0705. The summed E-state index contributed by atoms with van der Waals surface area (Å²) in [6.45, 7) is 4.08. The number of ether oxygens (including phenoxy) is 1. The number of nitrogens with zero attached hydrogens (tertiary/aromatic N) is 1. The fourth-order valence-electron chi connectivity index (χ4n) is 1.84. The zero-order valence-corrected chi connectivity index (χ0v) is 9.90. The number of carbonyl (C=O) groups is 1. The van der Waals surface area contributed by atoms with Crippen molar-refractivity contribution in [2.75, 3.05) is 25.1 Å². The summed E-state index contributed by atoms with van der Waals surface area (Å²) in [5.41, 5.74) is 1.40. The highest BCUT2D eigenvalue weighted by atomic mass is 16.5. The van der Waals surface area contributed by atoms with Gasteiger partial charge in [0.1, 0.15) is 0 Å². The van der Waals surface area contributed by atoms with E-state index in [9.17, 15) is 4.79 Å². The molecule has 1 unspecified atom stereocenters. The largest absolute Gasteiger partial charge is 0.383 e. The average Bonchev–Trinajstić information content (AvgIpc) is 2.83. The number of pyridine rings is 1. The number of hydrogen-bond donors (Lipinski definition) is 2. The van der Waals surface area contributed by atoms with Crippen LogP contribution in [0.2, 0.25) is 0 Å². The molecule has 0 aromatic carbocycles. The molecule has 0 radical (unpaired) electrons. The second-order valence-corrected chi connectivity index (χ2v) is 3.99. The zero-order chi connectivity index (χ0) is 12.1. The van der Waals surface area contributed by atoms with Crippen LogP contribution >= 0.6 is 0 Å². The summed E-state index contributed by atoms with van der Waals surface area (Å²) in [5, 5.41) is 6.09. The number of nitrogens with one attached hydrogen (secondary N) is 2. The molecular formula is C12H17N3O2. The molecule has 1 aliphatic rings. The maximum absolute atomic E-state index is 12.1. The Labute approximate surface area is 101 Å². The van der Waals surface area contributed by atoms with E-state index in [1.807, 2.05) is 6.92 Å². The summed E-state index contributed by atoms with van der Waals surface area (Å²) in [5.74, 6) is -0.0705. The third-order valence-electron chi connectivity index (χ3n) is 2.70.